The number of hydrogen-bond acceptors (Lipinski definition) is 4. The number of ether oxygens (including phenoxy) is 1. The molecule has 2 aromatic rings. The third kappa shape index (κ3) is 4.15. The van der Waals surface area contributed by atoms with E-state index in [1.807, 2.05) is 0 Å². The van der Waals surface area contributed by atoms with E-state index in [1.165, 1.54) is 24.3 Å². The highest BCUT2D eigenvalue weighted by Crippen LogP contribution is 2.26. The minimum atomic E-state index is -0.700. The molecule has 1 amide bonds. The van der Waals surface area contributed by atoms with Gasteiger partial charge in [-0.2, -0.15) is 0 Å². The third-order valence-corrected chi connectivity index (χ3v) is 3.67. The maximum absolute atomic E-state index is 12.2. The zero-order valence-electron chi connectivity index (χ0n) is 12.1. The number of amides is 1. The lowest BCUT2D eigenvalue weighted by Crippen LogP contribution is -2.13. The normalized spacial score (nSPS) is 10.2. The third-order valence-electron chi connectivity index (χ3n) is 2.93. The van der Waals surface area contributed by atoms with Crippen LogP contribution >= 0.6 is 23.2 Å². The van der Waals surface area contributed by atoms with Crippen molar-refractivity contribution in [2.45, 2.75) is 6.92 Å². The Kier molecular flexibility index (Phi) is 5.47. The van der Waals surface area contributed by atoms with E-state index in [4.69, 9.17) is 27.9 Å². The van der Waals surface area contributed by atoms with Gasteiger partial charge in [0.25, 0.3) is 5.91 Å². The Labute approximate surface area is 142 Å². The molecule has 0 radical (unpaired) electrons. The van der Waals surface area contributed by atoms with Crippen molar-refractivity contribution in [2.75, 3.05) is 11.9 Å². The van der Waals surface area contributed by atoms with E-state index in [0.29, 0.717) is 15.7 Å². The van der Waals surface area contributed by atoms with Gasteiger partial charge < -0.3 is 15.2 Å². The molecule has 0 unspecified atom stereocenters. The summed E-state index contributed by atoms with van der Waals surface area (Å²) in [5, 5.41) is 13.0. The van der Waals surface area contributed by atoms with Gasteiger partial charge in [0.05, 0.1) is 16.7 Å². The molecule has 7 heteroatoms. The van der Waals surface area contributed by atoms with Gasteiger partial charge in [-0.1, -0.05) is 23.2 Å². The number of rotatable bonds is 4. The van der Waals surface area contributed by atoms with Crippen molar-refractivity contribution >= 4 is 40.8 Å². The Bertz CT molecular complexity index is 762. The van der Waals surface area contributed by atoms with Crippen molar-refractivity contribution in [1.82, 2.24) is 0 Å². The molecule has 0 atom stereocenters. The van der Waals surface area contributed by atoms with Gasteiger partial charge in [-0.05, 0) is 43.3 Å². The summed E-state index contributed by atoms with van der Waals surface area (Å²) in [6, 6.07) is 8.58. The van der Waals surface area contributed by atoms with Crippen LogP contribution in [-0.2, 0) is 4.74 Å². The lowest BCUT2D eigenvalue weighted by Gasteiger charge is -2.09. The fraction of sp³-hybridized carbons (Fsp3) is 0.125. The van der Waals surface area contributed by atoms with E-state index in [9.17, 15) is 14.7 Å². The molecule has 23 heavy (non-hydrogen) atoms. The number of phenols is 1. The molecule has 0 spiro atoms. The van der Waals surface area contributed by atoms with Crippen molar-refractivity contribution < 1.29 is 19.4 Å². The molecule has 0 aromatic heterocycles. The highest BCUT2D eigenvalue weighted by molar-refractivity contribution is 6.42. The van der Waals surface area contributed by atoms with Gasteiger partial charge in [0.1, 0.15) is 11.3 Å². The zero-order chi connectivity index (χ0) is 17.0. The van der Waals surface area contributed by atoms with Gasteiger partial charge in [-0.15, -0.1) is 0 Å². The van der Waals surface area contributed by atoms with Crippen LogP contribution < -0.4 is 5.32 Å². The number of hydrogen-bond donors (Lipinski definition) is 2. The Hall–Kier alpha value is -2.24. The number of anilines is 1. The molecule has 2 rings (SSSR count). The van der Waals surface area contributed by atoms with Crippen LogP contribution in [0.25, 0.3) is 0 Å². The van der Waals surface area contributed by atoms with Crippen molar-refractivity contribution in [3.63, 3.8) is 0 Å². The van der Waals surface area contributed by atoms with E-state index in [0.717, 1.165) is 0 Å². The summed E-state index contributed by atoms with van der Waals surface area (Å²) in [4.78, 5) is 24.0. The molecule has 0 aliphatic heterocycles. The summed E-state index contributed by atoms with van der Waals surface area (Å²) >= 11 is 11.7. The lowest BCUT2D eigenvalue weighted by atomic mass is 10.1. The molecule has 0 saturated carbocycles. The topological polar surface area (TPSA) is 75.6 Å². The number of halogens is 2. The molecule has 0 heterocycles. The van der Waals surface area contributed by atoms with Gasteiger partial charge >= 0.3 is 5.97 Å². The second-order valence-electron chi connectivity index (χ2n) is 4.54. The first-order chi connectivity index (χ1) is 10.9. The maximum Gasteiger partial charge on any atom is 0.341 e. The van der Waals surface area contributed by atoms with Crippen LogP contribution in [0, 0.1) is 0 Å². The van der Waals surface area contributed by atoms with Crippen LogP contribution in [-0.4, -0.2) is 23.6 Å². The summed E-state index contributed by atoms with van der Waals surface area (Å²) in [7, 11) is 0. The van der Waals surface area contributed by atoms with Crippen molar-refractivity contribution in [1.29, 1.82) is 0 Å². The molecule has 2 N–H and O–H groups in total. The standard InChI is InChI=1S/C16H13Cl2NO4/c1-2-23-16(22)11-7-9(3-6-14(11)20)15(21)19-10-4-5-12(17)13(18)8-10/h3-8,20H,2H2,1H3,(H,19,21). The summed E-state index contributed by atoms with van der Waals surface area (Å²) in [6.45, 7) is 1.81. The number of carbonyl (C=O) groups is 2. The number of phenolic OH excluding ortho intramolecular Hbond substituents is 1. The fourth-order valence-electron chi connectivity index (χ4n) is 1.83. The molecule has 0 saturated heterocycles. The van der Waals surface area contributed by atoms with Crippen molar-refractivity contribution in [3.8, 4) is 5.75 Å². The van der Waals surface area contributed by atoms with Gasteiger partial charge in [-0.25, -0.2) is 4.79 Å². The highest BCUT2D eigenvalue weighted by Gasteiger charge is 2.16. The average molecular weight is 354 g/mol. The number of esters is 1. The molecule has 2 aromatic carbocycles. The minimum Gasteiger partial charge on any atom is -0.507 e. The minimum absolute atomic E-state index is 0.0753. The summed E-state index contributed by atoms with van der Waals surface area (Å²) in [5.41, 5.74) is 0.570. The van der Waals surface area contributed by atoms with E-state index in [2.05, 4.69) is 5.32 Å². The van der Waals surface area contributed by atoms with Gasteiger partial charge in [0.2, 0.25) is 0 Å². The second-order valence-corrected chi connectivity index (χ2v) is 5.35. The van der Waals surface area contributed by atoms with E-state index >= 15 is 0 Å². The SMILES string of the molecule is CCOC(=O)c1cc(C(=O)Nc2ccc(Cl)c(Cl)c2)ccc1O. The largest absolute Gasteiger partial charge is 0.507 e. The summed E-state index contributed by atoms with van der Waals surface area (Å²) in [5.74, 6) is -1.42. The first-order valence-corrected chi connectivity index (χ1v) is 7.44. The van der Waals surface area contributed by atoms with E-state index in [-0.39, 0.29) is 23.5 Å². The quantitative estimate of drug-likeness (QED) is 0.810. The average Bonchev–Trinajstić information content (AvgIpc) is 2.51. The van der Waals surface area contributed by atoms with Crippen molar-refractivity contribution in [3.05, 3.63) is 57.6 Å². The summed E-state index contributed by atoms with van der Waals surface area (Å²) in [6.07, 6.45) is 0. The van der Waals surface area contributed by atoms with E-state index in [1.54, 1.807) is 19.1 Å². The monoisotopic (exact) mass is 353 g/mol. The Morgan fingerprint density at radius 3 is 2.52 bits per heavy atom. The van der Waals surface area contributed by atoms with Crippen LogP contribution in [0.5, 0.6) is 5.75 Å². The van der Waals surface area contributed by atoms with Gasteiger partial charge in [-0.3, -0.25) is 4.79 Å². The van der Waals surface area contributed by atoms with Crippen LogP contribution in [0.4, 0.5) is 5.69 Å². The van der Waals surface area contributed by atoms with Crippen LogP contribution in [0.2, 0.25) is 10.0 Å². The Morgan fingerprint density at radius 1 is 1.13 bits per heavy atom. The molecule has 5 nitrogen and oxygen atoms in total. The predicted molar refractivity (Wildman–Crippen MR) is 88.5 cm³/mol. The zero-order valence-corrected chi connectivity index (χ0v) is 13.6. The maximum atomic E-state index is 12.2. The lowest BCUT2D eigenvalue weighted by molar-refractivity contribution is 0.0523. The first-order valence-electron chi connectivity index (χ1n) is 6.69. The summed E-state index contributed by atoms with van der Waals surface area (Å²) < 4.78 is 4.83. The fourth-order valence-corrected chi connectivity index (χ4v) is 2.12. The van der Waals surface area contributed by atoms with E-state index < -0.39 is 11.9 Å². The van der Waals surface area contributed by atoms with Gasteiger partial charge in [0.15, 0.2) is 0 Å². The Balaban J connectivity index is 2.23. The van der Waals surface area contributed by atoms with Crippen LogP contribution in [0.1, 0.15) is 27.6 Å². The molecular weight excluding hydrogens is 341 g/mol. The Morgan fingerprint density at radius 2 is 1.87 bits per heavy atom. The number of benzene rings is 2. The molecular formula is C16H13Cl2NO4. The smallest absolute Gasteiger partial charge is 0.341 e. The number of nitrogens with one attached hydrogen (secondary N) is 1. The van der Waals surface area contributed by atoms with Crippen LogP contribution in [0.15, 0.2) is 36.4 Å². The second kappa shape index (κ2) is 7.35. The van der Waals surface area contributed by atoms with Gasteiger partial charge in [0, 0.05) is 11.3 Å². The van der Waals surface area contributed by atoms with Crippen molar-refractivity contribution in [2.24, 2.45) is 0 Å². The molecule has 0 bridgehead atoms. The molecule has 0 aliphatic carbocycles. The molecule has 0 fully saturated rings. The number of aromatic hydroxyl groups is 1. The molecule has 0 aliphatic rings. The predicted octanol–water partition coefficient (Wildman–Crippen LogP) is 4.13. The van der Waals surface area contributed by atoms with Crippen LogP contribution in [0.3, 0.4) is 0 Å². The first kappa shape index (κ1) is 17.1. The molecule has 120 valence electrons. The number of carbonyl (C=O) groups excluding carboxylic acids is 2. The highest BCUT2D eigenvalue weighted by atomic mass is 35.5.